The van der Waals surface area contributed by atoms with Gasteiger partial charge in [-0.3, -0.25) is 14.6 Å². The second-order valence-electron chi connectivity index (χ2n) is 7.07. The van der Waals surface area contributed by atoms with Gasteiger partial charge in [0.2, 0.25) is 0 Å². The summed E-state index contributed by atoms with van der Waals surface area (Å²) >= 11 is 12.1. The van der Waals surface area contributed by atoms with E-state index in [1.165, 1.54) is 11.0 Å². The van der Waals surface area contributed by atoms with Crippen LogP contribution in [0, 0.1) is 0 Å². The van der Waals surface area contributed by atoms with Crippen LogP contribution in [0.25, 0.3) is 11.1 Å². The van der Waals surface area contributed by atoms with Crippen LogP contribution in [-0.2, 0) is 9.59 Å². The lowest BCUT2D eigenvalue weighted by atomic mass is 10.1. The van der Waals surface area contributed by atoms with Gasteiger partial charge in [-0.05, 0) is 37.3 Å². The zero-order chi connectivity index (χ0) is 21.4. The zero-order valence-electron chi connectivity index (χ0n) is 15.9. The average Bonchev–Trinajstić information content (AvgIpc) is 3.08. The van der Waals surface area contributed by atoms with Gasteiger partial charge in [0.05, 0.1) is 15.6 Å². The molecular formula is C20H18Cl2N4O4. The third kappa shape index (κ3) is 4.01. The summed E-state index contributed by atoms with van der Waals surface area (Å²) in [4.78, 5) is 42.6. The zero-order valence-corrected chi connectivity index (χ0v) is 17.5. The molecule has 1 aromatic heterocycles. The molecule has 1 aliphatic rings. The Morgan fingerprint density at radius 3 is 2.67 bits per heavy atom. The number of carbonyl (C=O) groups is 2. The highest BCUT2D eigenvalue weighted by atomic mass is 35.5. The molecule has 1 saturated heterocycles. The maximum atomic E-state index is 12.7. The standard InChI is InChI=1S/C20H18Cl2N4O4/c1-11-10-25(13-3-4-14(21)15(22)9-13)6-7-26(11)19(28)18(27)23-12-2-5-16-17(8-12)30-20(29)24-16/h2-5,8-9,11H,6-7,10H2,1H3,(H,23,27)(H,24,29)/t11-/m1/s1. The predicted molar refractivity (Wildman–Crippen MR) is 115 cm³/mol. The number of nitrogens with one attached hydrogen (secondary N) is 2. The highest BCUT2D eigenvalue weighted by Crippen LogP contribution is 2.28. The van der Waals surface area contributed by atoms with Crippen LogP contribution in [0.2, 0.25) is 10.0 Å². The lowest BCUT2D eigenvalue weighted by molar-refractivity contribution is -0.144. The number of benzene rings is 2. The van der Waals surface area contributed by atoms with E-state index in [2.05, 4.69) is 15.2 Å². The van der Waals surface area contributed by atoms with Crippen LogP contribution in [0.15, 0.2) is 45.6 Å². The number of nitrogens with zero attached hydrogens (tertiary/aromatic N) is 2. The Morgan fingerprint density at radius 1 is 1.13 bits per heavy atom. The molecule has 2 heterocycles. The lowest BCUT2D eigenvalue weighted by Gasteiger charge is -2.40. The third-order valence-electron chi connectivity index (χ3n) is 5.03. The van der Waals surface area contributed by atoms with E-state index in [0.717, 1.165) is 5.69 Å². The molecule has 4 rings (SSSR count). The minimum atomic E-state index is -0.748. The van der Waals surface area contributed by atoms with Crippen LogP contribution < -0.4 is 16.0 Å². The van der Waals surface area contributed by atoms with E-state index in [0.29, 0.717) is 46.5 Å². The molecule has 0 radical (unpaired) electrons. The number of anilines is 2. The van der Waals surface area contributed by atoms with E-state index in [9.17, 15) is 14.4 Å². The number of H-pyrrole nitrogens is 1. The van der Waals surface area contributed by atoms with Gasteiger partial charge in [-0.15, -0.1) is 0 Å². The maximum absolute atomic E-state index is 12.7. The molecule has 30 heavy (non-hydrogen) atoms. The van der Waals surface area contributed by atoms with Gasteiger partial charge in [-0.25, -0.2) is 4.79 Å². The van der Waals surface area contributed by atoms with Crippen molar-refractivity contribution in [1.82, 2.24) is 9.88 Å². The first-order valence-corrected chi connectivity index (χ1v) is 10.0. The lowest BCUT2D eigenvalue weighted by Crippen LogP contribution is -2.56. The molecule has 3 aromatic rings. The molecule has 10 heteroatoms. The van der Waals surface area contributed by atoms with Crippen LogP contribution in [0.5, 0.6) is 0 Å². The summed E-state index contributed by atoms with van der Waals surface area (Å²) in [6, 6.07) is 9.89. The first kappa shape index (κ1) is 20.3. The first-order valence-electron chi connectivity index (χ1n) is 9.26. The molecule has 0 spiro atoms. The SMILES string of the molecule is C[C@@H]1CN(c2ccc(Cl)c(Cl)c2)CCN1C(=O)C(=O)Nc1ccc2[nH]c(=O)oc2c1. The van der Waals surface area contributed by atoms with Gasteiger partial charge in [0, 0.05) is 43.1 Å². The molecule has 2 amide bonds. The van der Waals surface area contributed by atoms with Gasteiger partial charge in [0.25, 0.3) is 0 Å². The van der Waals surface area contributed by atoms with Crippen LogP contribution >= 0.6 is 23.2 Å². The fourth-order valence-corrected chi connectivity index (χ4v) is 3.81. The quantitative estimate of drug-likeness (QED) is 0.586. The van der Waals surface area contributed by atoms with E-state index in [1.807, 2.05) is 13.0 Å². The van der Waals surface area contributed by atoms with Gasteiger partial charge in [0.1, 0.15) is 0 Å². The van der Waals surface area contributed by atoms with Gasteiger partial charge in [-0.2, -0.15) is 0 Å². The molecule has 0 saturated carbocycles. The molecule has 1 aliphatic heterocycles. The van der Waals surface area contributed by atoms with Gasteiger partial charge in [-0.1, -0.05) is 23.2 Å². The summed E-state index contributed by atoms with van der Waals surface area (Å²) in [5.41, 5.74) is 2.09. The minimum absolute atomic E-state index is 0.184. The van der Waals surface area contributed by atoms with Gasteiger partial charge < -0.3 is 19.5 Å². The summed E-state index contributed by atoms with van der Waals surface area (Å²) in [6.45, 7) is 3.38. The van der Waals surface area contributed by atoms with Crippen molar-refractivity contribution in [3.8, 4) is 0 Å². The first-order chi connectivity index (χ1) is 14.3. The number of oxazole rings is 1. The van der Waals surface area contributed by atoms with Crippen molar-refractivity contribution < 1.29 is 14.0 Å². The average molecular weight is 449 g/mol. The van der Waals surface area contributed by atoms with Crippen molar-refractivity contribution in [3.05, 3.63) is 57.0 Å². The van der Waals surface area contributed by atoms with Crippen molar-refractivity contribution in [2.75, 3.05) is 29.9 Å². The molecular weight excluding hydrogens is 431 g/mol. The number of carbonyl (C=O) groups excluding carboxylic acids is 2. The highest BCUT2D eigenvalue weighted by Gasteiger charge is 2.31. The summed E-state index contributed by atoms with van der Waals surface area (Å²) in [5.74, 6) is -1.95. The predicted octanol–water partition coefficient (Wildman–Crippen LogP) is 3.10. The molecule has 1 atom stereocenters. The van der Waals surface area contributed by atoms with Crippen LogP contribution in [0.3, 0.4) is 0 Å². The maximum Gasteiger partial charge on any atom is 0.417 e. The van der Waals surface area contributed by atoms with Crippen LogP contribution in [-0.4, -0.2) is 47.4 Å². The number of hydrogen-bond donors (Lipinski definition) is 2. The Bertz CT molecular complexity index is 1190. The van der Waals surface area contributed by atoms with E-state index >= 15 is 0 Å². The van der Waals surface area contributed by atoms with Crippen molar-refractivity contribution in [3.63, 3.8) is 0 Å². The monoisotopic (exact) mass is 448 g/mol. The second-order valence-corrected chi connectivity index (χ2v) is 7.89. The number of fused-ring (bicyclic) bond motifs is 1. The van der Waals surface area contributed by atoms with Crippen LogP contribution in [0.4, 0.5) is 11.4 Å². The number of aromatic nitrogens is 1. The Kier molecular flexibility index (Phi) is 5.44. The topological polar surface area (TPSA) is 98.6 Å². The van der Waals surface area contributed by atoms with Gasteiger partial charge in [0.15, 0.2) is 5.58 Å². The number of hydrogen-bond acceptors (Lipinski definition) is 5. The number of halogens is 2. The Hall–Kier alpha value is -2.97. The Morgan fingerprint density at radius 2 is 1.93 bits per heavy atom. The summed E-state index contributed by atoms with van der Waals surface area (Å²) in [5, 5.41) is 3.52. The molecule has 156 valence electrons. The molecule has 1 fully saturated rings. The fraction of sp³-hybridized carbons (Fsp3) is 0.250. The second kappa shape index (κ2) is 8.04. The van der Waals surface area contributed by atoms with Crippen molar-refractivity contribution >= 4 is 57.5 Å². The number of piperazine rings is 1. The minimum Gasteiger partial charge on any atom is -0.408 e. The number of amides is 2. The molecule has 0 aliphatic carbocycles. The summed E-state index contributed by atoms with van der Waals surface area (Å²) < 4.78 is 4.97. The van der Waals surface area contributed by atoms with E-state index in [4.69, 9.17) is 27.6 Å². The number of rotatable bonds is 2. The van der Waals surface area contributed by atoms with Crippen molar-refractivity contribution in [2.24, 2.45) is 0 Å². The molecule has 2 N–H and O–H groups in total. The van der Waals surface area contributed by atoms with E-state index in [-0.39, 0.29) is 6.04 Å². The molecule has 2 aromatic carbocycles. The normalized spacial score (nSPS) is 16.7. The fourth-order valence-electron chi connectivity index (χ4n) is 3.51. The summed E-state index contributed by atoms with van der Waals surface area (Å²) in [6.07, 6.45) is 0. The Labute approximate surface area is 181 Å². The van der Waals surface area contributed by atoms with Crippen molar-refractivity contribution in [2.45, 2.75) is 13.0 Å². The molecule has 0 bridgehead atoms. The summed E-state index contributed by atoms with van der Waals surface area (Å²) in [7, 11) is 0. The van der Waals surface area contributed by atoms with E-state index in [1.54, 1.807) is 24.3 Å². The Balaban J connectivity index is 1.42. The smallest absolute Gasteiger partial charge is 0.408 e. The largest absolute Gasteiger partial charge is 0.417 e. The van der Waals surface area contributed by atoms with Gasteiger partial charge >= 0.3 is 17.6 Å². The third-order valence-corrected chi connectivity index (χ3v) is 5.77. The van der Waals surface area contributed by atoms with E-state index < -0.39 is 17.6 Å². The van der Waals surface area contributed by atoms with Crippen molar-refractivity contribution in [1.29, 1.82) is 0 Å². The molecule has 8 nitrogen and oxygen atoms in total. The molecule has 0 unspecified atom stereocenters. The highest BCUT2D eigenvalue weighted by molar-refractivity contribution is 6.42. The van der Waals surface area contributed by atoms with Crippen LogP contribution in [0.1, 0.15) is 6.92 Å². The number of aromatic amines is 1.